The van der Waals surface area contributed by atoms with E-state index in [1.165, 1.54) is 12.1 Å². The zero-order valence-electron chi connectivity index (χ0n) is 22.4. The molecule has 1 aliphatic carbocycles. The fourth-order valence-electron chi connectivity index (χ4n) is 5.11. The topological polar surface area (TPSA) is 77.8 Å². The third-order valence-electron chi connectivity index (χ3n) is 8.20. The van der Waals surface area contributed by atoms with Crippen LogP contribution >= 0.6 is 0 Å². The molecule has 3 aromatic rings. The number of ether oxygens (including phenoxy) is 1. The zero-order valence-corrected chi connectivity index (χ0v) is 23.4. The van der Waals surface area contributed by atoms with E-state index in [2.05, 4.69) is 39.2 Å². The van der Waals surface area contributed by atoms with Crippen molar-refractivity contribution in [1.29, 1.82) is 0 Å². The number of halogens is 2. The van der Waals surface area contributed by atoms with Gasteiger partial charge < -0.3 is 18.9 Å². The number of hydrogen-bond acceptors (Lipinski definition) is 5. The molecule has 1 amide bonds. The fraction of sp³-hybridized carbons (Fsp3) is 0.448. The Hall–Kier alpha value is -3.04. The molecule has 202 valence electrons. The van der Waals surface area contributed by atoms with E-state index in [1.807, 2.05) is 0 Å². The van der Waals surface area contributed by atoms with Gasteiger partial charge in [-0.25, -0.2) is 13.6 Å². The van der Waals surface area contributed by atoms with E-state index >= 15 is 0 Å². The van der Waals surface area contributed by atoms with Gasteiger partial charge >= 0.3 is 5.97 Å². The van der Waals surface area contributed by atoms with Gasteiger partial charge in [-0.05, 0) is 79.2 Å². The largest absolute Gasteiger partial charge is 0.455 e. The molecule has 5 rings (SSSR count). The van der Waals surface area contributed by atoms with E-state index in [-0.39, 0.29) is 33.9 Å². The molecule has 0 unspecified atom stereocenters. The highest BCUT2D eigenvalue weighted by atomic mass is 28.4. The van der Waals surface area contributed by atoms with Gasteiger partial charge in [-0.2, -0.15) is 0 Å². The van der Waals surface area contributed by atoms with Gasteiger partial charge in [0, 0.05) is 18.0 Å². The Kier molecular flexibility index (Phi) is 6.50. The lowest BCUT2D eigenvalue weighted by Crippen LogP contribution is -2.42. The molecule has 1 saturated carbocycles. The zero-order chi connectivity index (χ0) is 27.5. The van der Waals surface area contributed by atoms with Crippen LogP contribution in [-0.2, 0) is 14.8 Å². The molecule has 2 heterocycles. The highest BCUT2D eigenvalue weighted by Crippen LogP contribution is 2.51. The predicted molar refractivity (Wildman–Crippen MR) is 143 cm³/mol. The molecular formula is C29H33F2NO5Si. The SMILES string of the molecule is CC(C)(C)[Si](C)(C)OCCNC(=O)c1cc(-c2cc(F)cc(F)c2)cc2c3c(oc12)C1(CCCC1)OC3=O. The highest BCUT2D eigenvalue weighted by molar-refractivity contribution is 6.74. The van der Waals surface area contributed by atoms with Crippen molar-refractivity contribution in [3.8, 4) is 11.1 Å². The maximum atomic E-state index is 14.1. The first-order valence-corrected chi connectivity index (χ1v) is 16.0. The molecular weight excluding hydrogens is 508 g/mol. The average molecular weight is 542 g/mol. The summed E-state index contributed by atoms with van der Waals surface area (Å²) in [6, 6.07) is 6.35. The van der Waals surface area contributed by atoms with Crippen LogP contribution in [0.25, 0.3) is 22.1 Å². The number of nitrogens with one attached hydrogen (secondary N) is 1. The van der Waals surface area contributed by atoms with Crippen molar-refractivity contribution < 1.29 is 31.9 Å². The van der Waals surface area contributed by atoms with Crippen LogP contribution in [0.15, 0.2) is 34.7 Å². The molecule has 0 radical (unpaired) electrons. The molecule has 1 N–H and O–H groups in total. The number of fused-ring (bicyclic) bond motifs is 4. The molecule has 0 bridgehead atoms. The molecule has 1 aliphatic heterocycles. The minimum Gasteiger partial charge on any atom is -0.455 e. The number of rotatable bonds is 6. The first-order chi connectivity index (χ1) is 17.8. The fourth-order valence-corrected chi connectivity index (χ4v) is 6.16. The van der Waals surface area contributed by atoms with Crippen molar-refractivity contribution >= 4 is 31.2 Å². The van der Waals surface area contributed by atoms with E-state index in [0.29, 0.717) is 36.2 Å². The minimum absolute atomic E-state index is 0.0390. The lowest BCUT2D eigenvalue weighted by atomic mass is 9.95. The number of furan rings is 1. The Bertz CT molecular complexity index is 1410. The summed E-state index contributed by atoms with van der Waals surface area (Å²) >= 11 is 0. The van der Waals surface area contributed by atoms with E-state index in [1.54, 1.807) is 12.1 Å². The van der Waals surface area contributed by atoms with E-state index in [9.17, 15) is 18.4 Å². The molecule has 1 aromatic heterocycles. The average Bonchev–Trinajstić information content (AvgIpc) is 3.51. The maximum Gasteiger partial charge on any atom is 0.343 e. The van der Waals surface area contributed by atoms with Crippen LogP contribution in [0.4, 0.5) is 8.78 Å². The Morgan fingerprint density at radius 3 is 2.32 bits per heavy atom. The second kappa shape index (κ2) is 9.31. The number of carbonyl (C=O) groups excluding carboxylic acids is 2. The van der Waals surface area contributed by atoms with Gasteiger partial charge in [-0.3, -0.25) is 4.79 Å². The van der Waals surface area contributed by atoms with E-state index < -0.39 is 37.4 Å². The Morgan fingerprint density at radius 2 is 1.68 bits per heavy atom. The van der Waals surface area contributed by atoms with Crippen molar-refractivity contribution in [2.45, 2.75) is 70.2 Å². The molecule has 2 aliphatic rings. The lowest BCUT2D eigenvalue weighted by Gasteiger charge is -2.36. The molecule has 38 heavy (non-hydrogen) atoms. The van der Waals surface area contributed by atoms with Crippen LogP contribution < -0.4 is 5.32 Å². The van der Waals surface area contributed by atoms with E-state index in [4.69, 9.17) is 13.6 Å². The second-order valence-corrected chi connectivity index (χ2v) is 16.6. The summed E-state index contributed by atoms with van der Waals surface area (Å²) in [6.45, 7) is 11.3. The first kappa shape index (κ1) is 26.6. The molecule has 1 spiro atoms. The summed E-state index contributed by atoms with van der Waals surface area (Å²) in [4.78, 5) is 26.4. The minimum atomic E-state index is -1.98. The highest BCUT2D eigenvalue weighted by Gasteiger charge is 2.52. The summed E-state index contributed by atoms with van der Waals surface area (Å²) in [6.07, 6.45) is 3.11. The Balaban J connectivity index is 1.54. The Morgan fingerprint density at radius 1 is 1.05 bits per heavy atom. The number of amides is 1. The van der Waals surface area contributed by atoms with Crippen LogP contribution in [0, 0.1) is 11.6 Å². The third kappa shape index (κ3) is 4.56. The summed E-state index contributed by atoms with van der Waals surface area (Å²) in [7, 11) is -1.98. The molecule has 9 heteroatoms. The number of carbonyl (C=O) groups is 2. The molecule has 0 atom stereocenters. The predicted octanol–water partition coefficient (Wildman–Crippen LogP) is 7.07. The van der Waals surface area contributed by atoms with Crippen LogP contribution in [0.2, 0.25) is 18.1 Å². The monoisotopic (exact) mass is 541 g/mol. The summed E-state index contributed by atoms with van der Waals surface area (Å²) < 4.78 is 46.3. The maximum absolute atomic E-state index is 14.1. The number of hydrogen-bond donors (Lipinski definition) is 1. The standard InChI is InChI=1S/C29H33F2NO5Si/c1-28(2,3)38(4,5)35-11-10-32-26(33)22-15-18(17-12-19(30)16-20(31)13-17)14-21-23-25(36-24(21)22)29(37-27(23)34)8-6-7-9-29/h12-16H,6-11H2,1-5H3,(H,32,33). The number of benzene rings is 2. The van der Waals surface area contributed by atoms with Gasteiger partial charge in [0.15, 0.2) is 19.7 Å². The van der Waals surface area contributed by atoms with Crippen LogP contribution in [0.5, 0.6) is 0 Å². The molecule has 6 nitrogen and oxygen atoms in total. The lowest BCUT2D eigenvalue weighted by molar-refractivity contribution is -0.0130. The normalized spacial score (nSPS) is 16.8. The summed E-state index contributed by atoms with van der Waals surface area (Å²) in [5, 5.41) is 3.33. The van der Waals surface area contributed by atoms with E-state index in [0.717, 1.165) is 18.9 Å². The van der Waals surface area contributed by atoms with Crippen molar-refractivity contribution in [3.63, 3.8) is 0 Å². The van der Waals surface area contributed by atoms with Gasteiger partial charge in [-0.15, -0.1) is 0 Å². The van der Waals surface area contributed by atoms with Crippen LogP contribution in [-0.4, -0.2) is 33.3 Å². The third-order valence-corrected chi connectivity index (χ3v) is 12.7. The van der Waals surface area contributed by atoms with Gasteiger partial charge in [0.05, 0.1) is 12.2 Å². The number of esters is 1. The van der Waals surface area contributed by atoms with Gasteiger partial charge in [-0.1, -0.05) is 20.8 Å². The van der Waals surface area contributed by atoms with Crippen molar-refractivity contribution in [1.82, 2.24) is 5.32 Å². The summed E-state index contributed by atoms with van der Waals surface area (Å²) in [5.74, 6) is -1.97. The van der Waals surface area contributed by atoms with Gasteiger partial charge in [0.1, 0.15) is 22.8 Å². The van der Waals surface area contributed by atoms with Gasteiger partial charge in [0.2, 0.25) is 0 Å². The quantitative estimate of drug-likeness (QED) is 0.205. The van der Waals surface area contributed by atoms with Crippen molar-refractivity contribution in [2.24, 2.45) is 0 Å². The first-order valence-electron chi connectivity index (χ1n) is 13.0. The smallest absolute Gasteiger partial charge is 0.343 e. The van der Waals surface area contributed by atoms with Crippen molar-refractivity contribution in [2.75, 3.05) is 13.2 Å². The van der Waals surface area contributed by atoms with Crippen molar-refractivity contribution in [3.05, 3.63) is 58.9 Å². The van der Waals surface area contributed by atoms with Crippen LogP contribution in [0.3, 0.4) is 0 Å². The Labute approximate surface area is 221 Å². The molecule has 0 saturated heterocycles. The second-order valence-electron chi connectivity index (χ2n) is 11.8. The van der Waals surface area contributed by atoms with Crippen LogP contribution in [0.1, 0.15) is 72.9 Å². The van der Waals surface area contributed by atoms with Gasteiger partial charge in [0.25, 0.3) is 5.91 Å². The molecule has 2 aromatic carbocycles. The molecule has 1 fully saturated rings. The summed E-state index contributed by atoms with van der Waals surface area (Å²) in [5.41, 5.74) is 0.558.